The Morgan fingerprint density at radius 1 is 1.52 bits per heavy atom. The van der Waals surface area contributed by atoms with Crippen molar-refractivity contribution in [2.45, 2.75) is 25.9 Å². The average molecular weight is 290 g/mol. The molecule has 0 fully saturated rings. The number of hydrogen-bond acceptors (Lipinski definition) is 3. The van der Waals surface area contributed by atoms with Crippen molar-refractivity contribution in [2.75, 3.05) is 26.7 Å². The van der Waals surface area contributed by atoms with Crippen molar-refractivity contribution in [2.24, 2.45) is 4.99 Å². The molecule has 1 aromatic heterocycles. The van der Waals surface area contributed by atoms with Crippen molar-refractivity contribution < 1.29 is 5.11 Å². The van der Waals surface area contributed by atoms with Gasteiger partial charge < -0.3 is 15.3 Å². The van der Waals surface area contributed by atoms with E-state index in [9.17, 15) is 5.11 Å². The minimum Gasteiger partial charge on any atom is -0.386 e. The number of pyridine rings is 1. The summed E-state index contributed by atoms with van der Waals surface area (Å²) < 4.78 is 0. The van der Waals surface area contributed by atoms with E-state index in [-0.39, 0.29) is 0 Å². The molecule has 0 radical (unpaired) electrons. The minimum absolute atomic E-state index is 0.331. The summed E-state index contributed by atoms with van der Waals surface area (Å²) in [6.07, 6.45) is 6.69. The molecular formula is C16H26N4O. The highest BCUT2D eigenvalue weighted by Gasteiger charge is 2.09. The molecular weight excluding hydrogens is 264 g/mol. The fourth-order valence-electron chi connectivity index (χ4n) is 1.91. The van der Waals surface area contributed by atoms with Gasteiger partial charge in [-0.3, -0.25) is 9.98 Å². The van der Waals surface area contributed by atoms with Crippen LogP contribution in [0, 0.1) is 0 Å². The van der Waals surface area contributed by atoms with E-state index in [0.29, 0.717) is 6.54 Å². The van der Waals surface area contributed by atoms with Gasteiger partial charge in [0.15, 0.2) is 5.96 Å². The Morgan fingerprint density at radius 3 is 2.86 bits per heavy atom. The second kappa shape index (κ2) is 9.94. The molecule has 0 aliphatic heterocycles. The van der Waals surface area contributed by atoms with E-state index in [1.807, 2.05) is 20.0 Å². The summed E-state index contributed by atoms with van der Waals surface area (Å²) in [5.41, 5.74) is 0.832. The van der Waals surface area contributed by atoms with Crippen LogP contribution in [-0.2, 0) is 0 Å². The van der Waals surface area contributed by atoms with Crippen LogP contribution in [0.25, 0.3) is 0 Å². The Balaban J connectivity index is 2.60. The number of nitrogens with zero attached hydrogens (tertiary/aromatic N) is 3. The van der Waals surface area contributed by atoms with Crippen LogP contribution in [0.3, 0.4) is 0 Å². The summed E-state index contributed by atoms with van der Waals surface area (Å²) in [7, 11) is 2.00. The van der Waals surface area contributed by atoms with E-state index in [0.717, 1.165) is 37.5 Å². The SMILES string of the molecule is C=CCCCN(C)C(=NCC(O)c1ccncc1)NCC. The first-order chi connectivity index (χ1) is 10.2. The topological polar surface area (TPSA) is 60.8 Å². The van der Waals surface area contributed by atoms with Gasteiger partial charge >= 0.3 is 0 Å². The molecule has 0 saturated heterocycles. The minimum atomic E-state index is -0.608. The molecule has 21 heavy (non-hydrogen) atoms. The summed E-state index contributed by atoms with van der Waals surface area (Å²) in [6.45, 7) is 7.80. The molecule has 0 spiro atoms. The lowest BCUT2D eigenvalue weighted by Gasteiger charge is -2.22. The number of unbranched alkanes of at least 4 members (excludes halogenated alkanes) is 1. The van der Waals surface area contributed by atoms with Crippen LogP contribution in [0.2, 0.25) is 0 Å². The van der Waals surface area contributed by atoms with Crippen LogP contribution >= 0.6 is 0 Å². The molecule has 1 aromatic rings. The van der Waals surface area contributed by atoms with Crippen LogP contribution in [0.4, 0.5) is 0 Å². The fraction of sp³-hybridized carbons (Fsp3) is 0.500. The van der Waals surface area contributed by atoms with Gasteiger partial charge in [0.2, 0.25) is 0 Å². The van der Waals surface area contributed by atoms with E-state index in [2.05, 4.69) is 26.8 Å². The molecule has 0 saturated carbocycles. The fourth-order valence-corrected chi connectivity index (χ4v) is 1.91. The molecule has 2 N–H and O–H groups in total. The van der Waals surface area contributed by atoms with Gasteiger partial charge in [0.25, 0.3) is 0 Å². The first-order valence-electron chi connectivity index (χ1n) is 7.37. The lowest BCUT2D eigenvalue weighted by atomic mass is 10.1. The Bertz CT molecular complexity index is 433. The number of aliphatic hydroxyl groups excluding tert-OH is 1. The number of nitrogens with one attached hydrogen (secondary N) is 1. The molecule has 116 valence electrons. The summed E-state index contributed by atoms with van der Waals surface area (Å²) in [4.78, 5) is 10.5. The Hall–Kier alpha value is -1.88. The molecule has 1 rings (SSSR count). The van der Waals surface area contributed by atoms with Crippen molar-refractivity contribution in [3.8, 4) is 0 Å². The van der Waals surface area contributed by atoms with Crippen LogP contribution in [-0.4, -0.2) is 47.6 Å². The van der Waals surface area contributed by atoms with Crippen molar-refractivity contribution in [1.82, 2.24) is 15.2 Å². The van der Waals surface area contributed by atoms with E-state index in [4.69, 9.17) is 0 Å². The maximum absolute atomic E-state index is 10.1. The maximum Gasteiger partial charge on any atom is 0.193 e. The number of aliphatic hydroxyl groups is 1. The zero-order valence-corrected chi connectivity index (χ0v) is 13.0. The van der Waals surface area contributed by atoms with E-state index < -0.39 is 6.10 Å². The predicted octanol–water partition coefficient (Wildman–Crippen LogP) is 1.98. The molecule has 1 heterocycles. The number of allylic oxidation sites excluding steroid dienone is 1. The number of hydrogen-bond donors (Lipinski definition) is 2. The second-order valence-corrected chi connectivity index (χ2v) is 4.84. The Labute approximate surface area is 127 Å². The maximum atomic E-state index is 10.1. The van der Waals surface area contributed by atoms with Gasteiger partial charge in [-0.25, -0.2) is 0 Å². The number of aromatic nitrogens is 1. The van der Waals surface area contributed by atoms with Crippen molar-refractivity contribution in [3.05, 3.63) is 42.7 Å². The van der Waals surface area contributed by atoms with Gasteiger partial charge in [0, 0.05) is 32.5 Å². The smallest absolute Gasteiger partial charge is 0.193 e. The third-order valence-corrected chi connectivity index (χ3v) is 3.10. The first kappa shape index (κ1) is 17.2. The molecule has 1 atom stereocenters. The van der Waals surface area contributed by atoms with Crippen molar-refractivity contribution >= 4 is 5.96 Å². The largest absolute Gasteiger partial charge is 0.386 e. The van der Waals surface area contributed by atoms with Gasteiger partial charge in [-0.1, -0.05) is 6.08 Å². The van der Waals surface area contributed by atoms with Crippen LogP contribution in [0.5, 0.6) is 0 Å². The van der Waals surface area contributed by atoms with Crippen LogP contribution < -0.4 is 5.32 Å². The standard InChI is InChI=1S/C16H26N4O/c1-4-6-7-12-20(3)16(18-5-2)19-13-15(21)14-8-10-17-11-9-14/h4,8-11,15,21H,1,5-7,12-13H2,2-3H3,(H,18,19). The predicted molar refractivity (Wildman–Crippen MR) is 87.2 cm³/mol. The summed E-state index contributed by atoms with van der Waals surface area (Å²) in [5, 5.41) is 13.4. The highest BCUT2D eigenvalue weighted by Crippen LogP contribution is 2.11. The Morgan fingerprint density at radius 2 is 2.24 bits per heavy atom. The number of rotatable bonds is 8. The van der Waals surface area contributed by atoms with Gasteiger partial charge in [-0.05, 0) is 37.5 Å². The number of aliphatic imine (C=N–C) groups is 1. The zero-order chi connectivity index (χ0) is 15.5. The summed E-state index contributed by atoms with van der Waals surface area (Å²) in [5.74, 6) is 0.815. The first-order valence-corrected chi connectivity index (χ1v) is 7.37. The highest BCUT2D eigenvalue weighted by molar-refractivity contribution is 5.79. The lowest BCUT2D eigenvalue weighted by molar-refractivity contribution is 0.186. The summed E-state index contributed by atoms with van der Waals surface area (Å²) >= 11 is 0. The van der Waals surface area contributed by atoms with Crippen LogP contribution in [0.15, 0.2) is 42.2 Å². The van der Waals surface area contributed by atoms with Gasteiger partial charge in [-0.15, -0.1) is 6.58 Å². The van der Waals surface area contributed by atoms with Crippen molar-refractivity contribution in [3.63, 3.8) is 0 Å². The normalized spacial score (nSPS) is 12.8. The van der Waals surface area contributed by atoms with E-state index >= 15 is 0 Å². The molecule has 0 aromatic carbocycles. The van der Waals surface area contributed by atoms with Gasteiger partial charge in [0.05, 0.1) is 12.6 Å². The van der Waals surface area contributed by atoms with Gasteiger partial charge in [-0.2, -0.15) is 0 Å². The Kier molecular flexibility index (Phi) is 8.12. The zero-order valence-electron chi connectivity index (χ0n) is 13.0. The molecule has 0 aliphatic carbocycles. The quantitative estimate of drug-likeness (QED) is 0.333. The summed E-state index contributed by atoms with van der Waals surface area (Å²) in [6, 6.07) is 3.61. The lowest BCUT2D eigenvalue weighted by Crippen LogP contribution is -2.39. The van der Waals surface area contributed by atoms with Gasteiger partial charge in [0.1, 0.15) is 0 Å². The molecule has 1 unspecified atom stereocenters. The second-order valence-electron chi connectivity index (χ2n) is 4.84. The van der Waals surface area contributed by atoms with E-state index in [1.54, 1.807) is 24.5 Å². The molecule has 0 aliphatic rings. The van der Waals surface area contributed by atoms with Crippen molar-refractivity contribution in [1.29, 1.82) is 0 Å². The average Bonchev–Trinajstić information content (AvgIpc) is 2.52. The van der Waals surface area contributed by atoms with E-state index in [1.165, 1.54) is 0 Å². The molecule has 0 amide bonds. The number of guanidine groups is 1. The van der Waals surface area contributed by atoms with Crippen LogP contribution in [0.1, 0.15) is 31.4 Å². The molecule has 5 heteroatoms. The monoisotopic (exact) mass is 290 g/mol. The third-order valence-electron chi connectivity index (χ3n) is 3.10. The molecule has 5 nitrogen and oxygen atoms in total. The highest BCUT2D eigenvalue weighted by atomic mass is 16.3. The third kappa shape index (κ3) is 6.40. The molecule has 0 bridgehead atoms.